The number of piperidine rings is 1. The van der Waals surface area contributed by atoms with Gasteiger partial charge in [0.2, 0.25) is 11.8 Å². The average molecular weight is 848 g/mol. The number of unbranched alkanes of at least 4 members (excludes halogenated alkanes) is 1. The van der Waals surface area contributed by atoms with Crippen LogP contribution in [0.4, 0.5) is 17.2 Å². The van der Waals surface area contributed by atoms with Gasteiger partial charge in [0.15, 0.2) is 18.1 Å². The molecule has 3 aliphatic rings. The zero-order valence-electron chi connectivity index (χ0n) is 34.1. The molecule has 2 fully saturated rings. The number of fused-ring (bicyclic) bond motifs is 1. The van der Waals surface area contributed by atoms with Crippen LogP contribution in [0.5, 0.6) is 5.75 Å². The van der Waals surface area contributed by atoms with Crippen molar-refractivity contribution in [3.8, 4) is 17.0 Å². The Hall–Kier alpha value is -6.83. The van der Waals surface area contributed by atoms with Crippen LogP contribution in [-0.4, -0.2) is 120 Å². The van der Waals surface area contributed by atoms with Crippen molar-refractivity contribution in [3.05, 3.63) is 89.5 Å². The first kappa shape index (κ1) is 43.3. The fourth-order valence-corrected chi connectivity index (χ4v) is 7.47. The third kappa shape index (κ3) is 10.4. The summed E-state index contributed by atoms with van der Waals surface area (Å²) in [6.45, 7) is 3.98. The molecule has 62 heavy (non-hydrogen) atoms. The van der Waals surface area contributed by atoms with Crippen LogP contribution < -0.4 is 42.4 Å². The second-order valence-electron chi connectivity index (χ2n) is 15.1. The number of carbonyl (C=O) groups excluding carboxylic acids is 6. The van der Waals surface area contributed by atoms with E-state index in [1.165, 1.54) is 18.2 Å². The highest BCUT2D eigenvalue weighted by molar-refractivity contribution is 6.24. The van der Waals surface area contributed by atoms with Crippen molar-refractivity contribution in [1.82, 2.24) is 35.8 Å². The Kier molecular flexibility index (Phi) is 14.1. The average Bonchev–Trinajstić information content (AvgIpc) is 3.53. The zero-order valence-corrected chi connectivity index (χ0v) is 34.1. The molecule has 4 aromatic rings. The lowest BCUT2D eigenvalue weighted by Gasteiger charge is -2.30. The molecule has 2 aromatic heterocycles. The Morgan fingerprint density at radius 3 is 2.58 bits per heavy atom. The van der Waals surface area contributed by atoms with Gasteiger partial charge in [-0.2, -0.15) is 0 Å². The van der Waals surface area contributed by atoms with Crippen LogP contribution >= 0.6 is 0 Å². The second-order valence-corrected chi connectivity index (χ2v) is 15.1. The van der Waals surface area contributed by atoms with Gasteiger partial charge in [-0.3, -0.25) is 44.0 Å². The van der Waals surface area contributed by atoms with Gasteiger partial charge < -0.3 is 41.8 Å². The monoisotopic (exact) mass is 847 g/mol. The Morgan fingerprint density at radius 2 is 1.79 bits per heavy atom. The summed E-state index contributed by atoms with van der Waals surface area (Å²) < 4.78 is 11.1. The van der Waals surface area contributed by atoms with Gasteiger partial charge in [-0.15, -0.1) is 0 Å². The van der Waals surface area contributed by atoms with E-state index in [4.69, 9.17) is 20.9 Å². The van der Waals surface area contributed by atoms with Gasteiger partial charge in [0.25, 0.3) is 23.6 Å². The highest BCUT2D eigenvalue weighted by Crippen LogP contribution is 2.34. The maximum absolute atomic E-state index is 13.3. The van der Waals surface area contributed by atoms with E-state index in [0.717, 1.165) is 47.5 Å². The molecule has 5 heterocycles. The number of ether oxygens (including phenoxy) is 2. The minimum absolute atomic E-state index is 0.0112. The van der Waals surface area contributed by atoms with E-state index in [9.17, 15) is 28.8 Å². The number of morpholine rings is 1. The first-order chi connectivity index (χ1) is 30.1. The number of imide groups is 2. The van der Waals surface area contributed by atoms with Crippen molar-refractivity contribution < 1.29 is 38.2 Å². The normalized spacial score (nSPS) is 16.8. The fraction of sp³-hybridized carbons (Fsp3) is 0.372. The van der Waals surface area contributed by atoms with Crippen molar-refractivity contribution in [2.75, 3.05) is 68.5 Å². The molecule has 2 aromatic carbocycles. The van der Waals surface area contributed by atoms with E-state index >= 15 is 0 Å². The van der Waals surface area contributed by atoms with Crippen LogP contribution in [0.25, 0.3) is 11.3 Å². The molecule has 3 aliphatic heterocycles. The Labute approximate surface area is 357 Å². The van der Waals surface area contributed by atoms with Crippen molar-refractivity contribution >= 4 is 52.6 Å². The third-order valence-corrected chi connectivity index (χ3v) is 10.8. The fourth-order valence-electron chi connectivity index (χ4n) is 7.47. The zero-order chi connectivity index (χ0) is 43.6. The third-order valence-electron chi connectivity index (χ3n) is 10.8. The second kappa shape index (κ2) is 20.2. The van der Waals surface area contributed by atoms with Gasteiger partial charge in [0.05, 0.1) is 53.8 Å². The molecule has 0 aliphatic carbocycles. The van der Waals surface area contributed by atoms with Crippen LogP contribution in [0.3, 0.4) is 0 Å². The van der Waals surface area contributed by atoms with E-state index < -0.39 is 41.5 Å². The van der Waals surface area contributed by atoms with E-state index in [-0.39, 0.29) is 53.9 Å². The van der Waals surface area contributed by atoms with Gasteiger partial charge >= 0.3 is 0 Å². The van der Waals surface area contributed by atoms with Gasteiger partial charge in [-0.25, -0.2) is 9.97 Å². The number of aromatic nitrogens is 3. The van der Waals surface area contributed by atoms with E-state index in [1.807, 2.05) is 30.3 Å². The quantitative estimate of drug-likeness (QED) is 0.0611. The molecule has 6 amide bonds. The van der Waals surface area contributed by atoms with Gasteiger partial charge in [-0.1, -0.05) is 36.8 Å². The Morgan fingerprint density at radius 1 is 0.984 bits per heavy atom. The van der Waals surface area contributed by atoms with E-state index in [0.29, 0.717) is 57.2 Å². The molecular formula is C43H49N11O8. The van der Waals surface area contributed by atoms with E-state index in [2.05, 4.69) is 41.1 Å². The molecule has 1 unspecified atom stereocenters. The molecule has 7 rings (SSSR count). The number of rotatable bonds is 18. The molecule has 2 atom stereocenters. The summed E-state index contributed by atoms with van der Waals surface area (Å²) >= 11 is 0. The van der Waals surface area contributed by atoms with Crippen LogP contribution in [-0.2, 0) is 25.5 Å². The van der Waals surface area contributed by atoms with Crippen molar-refractivity contribution in [1.29, 1.82) is 0 Å². The minimum Gasteiger partial charge on any atom is -0.483 e. The highest BCUT2D eigenvalue weighted by atomic mass is 16.5. The number of hydrogen-bond donors (Lipinski definition) is 6. The number of nitrogens with zero attached hydrogens (tertiary/aromatic N) is 5. The summed E-state index contributed by atoms with van der Waals surface area (Å²) in [7, 11) is 0. The molecule has 0 bridgehead atoms. The van der Waals surface area contributed by atoms with Crippen LogP contribution in [0.1, 0.15) is 68.9 Å². The topological polar surface area (TPSA) is 266 Å². The lowest BCUT2D eigenvalue weighted by molar-refractivity contribution is -0.136. The molecular weight excluding hydrogens is 799 g/mol. The van der Waals surface area contributed by atoms with Crippen molar-refractivity contribution in [2.45, 2.75) is 50.6 Å². The molecule has 0 spiro atoms. The predicted molar refractivity (Wildman–Crippen MR) is 227 cm³/mol. The molecule has 324 valence electrons. The van der Waals surface area contributed by atoms with Crippen LogP contribution in [0.2, 0.25) is 0 Å². The SMILES string of the molecule is Nc1ncc(-c2ccc(CCNC[C@@H](N)CCCCNC(=O)COc3cccc4c3C(=O)N(C3CCC(=O)NC3=O)C4=O)cc2)nc1C(=O)Nc1cnccc1N1CCOCC1. The maximum Gasteiger partial charge on any atom is 0.278 e. The summed E-state index contributed by atoms with van der Waals surface area (Å²) in [5.74, 6) is -3.31. The summed E-state index contributed by atoms with van der Waals surface area (Å²) in [4.78, 5) is 92.1. The van der Waals surface area contributed by atoms with Crippen molar-refractivity contribution in [2.24, 2.45) is 5.73 Å². The molecule has 19 nitrogen and oxygen atoms in total. The number of benzene rings is 2. The maximum atomic E-state index is 13.3. The summed E-state index contributed by atoms with van der Waals surface area (Å²) in [5.41, 5.74) is 16.3. The number of amides is 6. The highest BCUT2D eigenvalue weighted by Gasteiger charge is 2.46. The number of anilines is 3. The number of nitrogen functional groups attached to an aromatic ring is 1. The van der Waals surface area contributed by atoms with Gasteiger partial charge in [0.1, 0.15) is 11.8 Å². The Bertz CT molecular complexity index is 2320. The predicted octanol–water partition coefficient (Wildman–Crippen LogP) is 1.44. The van der Waals surface area contributed by atoms with Crippen LogP contribution in [0, 0.1) is 0 Å². The first-order valence-electron chi connectivity index (χ1n) is 20.6. The number of pyridine rings is 1. The Balaban J connectivity index is 0.785. The molecule has 0 saturated carbocycles. The summed E-state index contributed by atoms with van der Waals surface area (Å²) in [6.07, 6.45) is 7.89. The first-order valence-corrected chi connectivity index (χ1v) is 20.6. The van der Waals surface area contributed by atoms with Gasteiger partial charge in [-0.05, 0) is 56.0 Å². The van der Waals surface area contributed by atoms with E-state index in [1.54, 1.807) is 18.6 Å². The van der Waals surface area contributed by atoms with Crippen LogP contribution in [0.15, 0.2) is 67.1 Å². The number of nitrogens with one attached hydrogen (secondary N) is 4. The minimum atomic E-state index is -1.10. The number of hydrogen-bond acceptors (Lipinski definition) is 15. The summed E-state index contributed by atoms with van der Waals surface area (Å²) in [6, 6.07) is 13.0. The smallest absolute Gasteiger partial charge is 0.278 e. The summed E-state index contributed by atoms with van der Waals surface area (Å²) in [5, 5.41) is 11.3. The lowest BCUT2D eigenvalue weighted by Crippen LogP contribution is -2.54. The van der Waals surface area contributed by atoms with Gasteiger partial charge in [0, 0.05) is 50.4 Å². The number of nitrogens with two attached hydrogens (primary N) is 2. The van der Waals surface area contributed by atoms with Crippen molar-refractivity contribution in [3.63, 3.8) is 0 Å². The largest absolute Gasteiger partial charge is 0.483 e. The molecule has 0 radical (unpaired) electrons. The molecule has 8 N–H and O–H groups in total. The molecule has 19 heteroatoms. The lowest BCUT2D eigenvalue weighted by atomic mass is 10.0. The standard InChI is InChI=1S/C43H49N11O8/c44-28(4-1-2-15-48-36(56)25-62-34-6-3-5-29-37(34)43(60)54(42(29)59)33-11-12-35(55)52-40(33)57)22-46-16-13-26-7-9-27(10-8-26)30-24-49-39(45)38(50-30)41(58)51-31-23-47-17-14-32(31)53-18-20-61-21-19-53/h3,5-10,14,17,23-24,28,33,46H,1-2,4,11-13,15-16,18-22,25,44H2,(H2,45,49)(H,48,56)(H,51,58)(H,52,55,57)/t28-,33?/m0/s1. The molecule has 2 saturated heterocycles. The number of carbonyl (C=O) groups is 6.